The maximum absolute atomic E-state index is 11.0. The molecule has 0 aliphatic rings. The fourth-order valence-electron chi connectivity index (χ4n) is 4.10. The van der Waals surface area contributed by atoms with Gasteiger partial charge in [-0.15, -0.1) is 0 Å². The van der Waals surface area contributed by atoms with Crippen LogP contribution in [-0.2, 0) is 13.0 Å². The molecule has 0 radical (unpaired) electrons. The predicted octanol–water partition coefficient (Wildman–Crippen LogP) is 7.32. The van der Waals surface area contributed by atoms with E-state index in [1.54, 1.807) is 12.1 Å². The zero-order chi connectivity index (χ0) is 21.3. The molecule has 0 N–H and O–H groups in total. The number of aryl methyl sites for hydroxylation is 1. The lowest BCUT2D eigenvalue weighted by molar-refractivity contribution is -0.384. The molecule has 3 rings (SSSR count). The number of non-ortho nitro benzene ring substituents is 1. The van der Waals surface area contributed by atoms with Gasteiger partial charge in [-0.2, -0.15) is 0 Å². The molecule has 0 atom stereocenters. The zero-order valence-electron chi connectivity index (χ0n) is 18.1. The van der Waals surface area contributed by atoms with Crippen molar-refractivity contribution < 1.29 is 4.92 Å². The normalized spacial score (nSPS) is 11.0. The number of nitrogens with zero attached hydrogens (tertiary/aromatic N) is 2. The third-order valence-electron chi connectivity index (χ3n) is 5.79. The molecule has 0 aliphatic carbocycles. The van der Waals surface area contributed by atoms with Crippen molar-refractivity contribution in [2.75, 3.05) is 0 Å². The van der Waals surface area contributed by atoms with Gasteiger partial charge in [0.1, 0.15) is 0 Å². The van der Waals surface area contributed by atoms with Gasteiger partial charge in [0.15, 0.2) is 0 Å². The van der Waals surface area contributed by atoms with E-state index in [0.717, 1.165) is 18.5 Å². The highest BCUT2D eigenvalue weighted by atomic mass is 16.6. The van der Waals surface area contributed by atoms with Crippen LogP contribution in [0.3, 0.4) is 0 Å². The highest BCUT2D eigenvalue weighted by Crippen LogP contribution is 2.32. The fraction of sp³-hybridized carbons (Fsp3) is 0.385. The number of benzene rings is 2. The first-order valence-electron chi connectivity index (χ1n) is 11.1. The predicted molar refractivity (Wildman–Crippen MR) is 124 cm³/mol. The number of aromatic nitrogens is 1. The molecule has 1 aromatic heterocycles. The summed E-state index contributed by atoms with van der Waals surface area (Å²) in [5.74, 6) is 0. The van der Waals surface area contributed by atoms with Crippen LogP contribution in [0.15, 0.2) is 60.8 Å². The Balaban J connectivity index is 1.84. The van der Waals surface area contributed by atoms with E-state index in [1.165, 1.54) is 60.9 Å². The average molecular weight is 405 g/mol. The molecule has 4 heteroatoms. The van der Waals surface area contributed by atoms with Crippen LogP contribution in [0.2, 0.25) is 0 Å². The third kappa shape index (κ3) is 5.59. The second kappa shape index (κ2) is 10.8. The number of hydrogen-bond acceptors (Lipinski definition) is 2. The van der Waals surface area contributed by atoms with Crippen LogP contribution in [0.25, 0.3) is 11.1 Å². The van der Waals surface area contributed by atoms with Crippen LogP contribution in [0.1, 0.15) is 62.3 Å². The van der Waals surface area contributed by atoms with Crippen LogP contribution in [0.5, 0.6) is 0 Å². The van der Waals surface area contributed by atoms with E-state index in [2.05, 4.69) is 48.9 Å². The molecule has 1 heterocycles. The van der Waals surface area contributed by atoms with E-state index in [-0.39, 0.29) is 10.6 Å². The Kier molecular flexibility index (Phi) is 7.83. The molecule has 0 bridgehead atoms. The van der Waals surface area contributed by atoms with Crippen molar-refractivity contribution in [2.45, 2.75) is 65.3 Å². The highest BCUT2D eigenvalue weighted by molar-refractivity contribution is 5.71. The van der Waals surface area contributed by atoms with Crippen molar-refractivity contribution in [3.63, 3.8) is 0 Å². The fourth-order valence-corrected chi connectivity index (χ4v) is 4.10. The lowest BCUT2D eigenvalue weighted by Crippen LogP contribution is -2.00. The Morgan fingerprint density at radius 1 is 0.900 bits per heavy atom. The molecular weight excluding hydrogens is 372 g/mol. The highest BCUT2D eigenvalue weighted by Gasteiger charge is 2.16. The average Bonchev–Trinajstić information content (AvgIpc) is 3.06. The quantitative estimate of drug-likeness (QED) is 0.191. The number of nitro groups is 1. The number of nitro benzene ring substituents is 1. The molecule has 4 nitrogen and oxygen atoms in total. The molecule has 3 aromatic rings. The van der Waals surface area contributed by atoms with E-state index < -0.39 is 0 Å². The van der Waals surface area contributed by atoms with Gasteiger partial charge < -0.3 is 4.57 Å². The van der Waals surface area contributed by atoms with E-state index in [1.807, 2.05) is 18.2 Å². The van der Waals surface area contributed by atoms with Crippen molar-refractivity contribution in [1.82, 2.24) is 4.57 Å². The Morgan fingerprint density at radius 2 is 1.57 bits per heavy atom. The largest absolute Gasteiger partial charge is 0.346 e. The minimum absolute atomic E-state index is 0.137. The summed E-state index contributed by atoms with van der Waals surface area (Å²) in [7, 11) is 0. The first kappa shape index (κ1) is 21.8. The molecule has 0 saturated carbocycles. The van der Waals surface area contributed by atoms with Crippen LogP contribution in [-0.4, -0.2) is 9.49 Å². The lowest BCUT2D eigenvalue weighted by Gasteiger charge is -2.09. The lowest BCUT2D eigenvalue weighted by atomic mass is 9.97. The summed E-state index contributed by atoms with van der Waals surface area (Å²) in [6, 6.07) is 17.5. The van der Waals surface area contributed by atoms with E-state index in [0.29, 0.717) is 0 Å². The summed E-state index contributed by atoms with van der Waals surface area (Å²) < 4.78 is 2.32. The molecular formula is C26H32N2O2. The Bertz CT molecular complexity index is 943. The summed E-state index contributed by atoms with van der Waals surface area (Å²) in [4.78, 5) is 10.7. The molecule has 0 amide bonds. The third-order valence-corrected chi connectivity index (χ3v) is 5.79. The summed E-state index contributed by atoms with van der Waals surface area (Å²) in [6.07, 6.45) is 11.0. The standard InChI is InChI=1S/C26H32N2O2/c1-3-4-5-6-7-11-14-24-20-27(19-22-12-9-8-10-13-22)21(2)26(24)23-15-17-25(18-16-23)28(29)30/h8-10,12-13,15-18,20H,3-7,11,14,19H2,1-2H3. The molecule has 2 aromatic carbocycles. The van der Waals surface area contributed by atoms with E-state index in [9.17, 15) is 10.1 Å². The van der Waals surface area contributed by atoms with Gasteiger partial charge in [0, 0.05) is 36.1 Å². The Morgan fingerprint density at radius 3 is 2.23 bits per heavy atom. The van der Waals surface area contributed by atoms with E-state index >= 15 is 0 Å². The van der Waals surface area contributed by atoms with Crippen molar-refractivity contribution in [2.24, 2.45) is 0 Å². The second-order valence-corrected chi connectivity index (χ2v) is 8.05. The van der Waals surface area contributed by atoms with Gasteiger partial charge in [-0.1, -0.05) is 69.4 Å². The summed E-state index contributed by atoms with van der Waals surface area (Å²) in [5, 5.41) is 11.0. The second-order valence-electron chi connectivity index (χ2n) is 8.05. The smallest absolute Gasteiger partial charge is 0.269 e. The summed E-state index contributed by atoms with van der Waals surface area (Å²) >= 11 is 0. The minimum Gasteiger partial charge on any atom is -0.346 e. The van der Waals surface area contributed by atoms with Crippen molar-refractivity contribution in [3.8, 4) is 11.1 Å². The van der Waals surface area contributed by atoms with Crippen LogP contribution in [0, 0.1) is 17.0 Å². The molecule has 158 valence electrons. The van der Waals surface area contributed by atoms with Gasteiger partial charge in [-0.25, -0.2) is 0 Å². The SMILES string of the molecule is CCCCCCCCc1cn(Cc2ccccc2)c(C)c1-c1ccc([N+](=O)[O-])cc1. The van der Waals surface area contributed by atoms with Gasteiger partial charge >= 0.3 is 0 Å². The van der Waals surface area contributed by atoms with Gasteiger partial charge in [0.25, 0.3) is 5.69 Å². The Hall–Kier alpha value is -2.88. The van der Waals surface area contributed by atoms with Gasteiger partial charge in [0.05, 0.1) is 4.92 Å². The van der Waals surface area contributed by atoms with Crippen LogP contribution >= 0.6 is 0 Å². The minimum atomic E-state index is -0.339. The van der Waals surface area contributed by atoms with Crippen molar-refractivity contribution in [3.05, 3.63) is 87.7 Å². The number of hydrogen-bond donors (Lipinski definition) is 0. The molecule has 0 fully saturated rings. The van der Waals surface area contributed by atoms with E-state index in [4.69, 9.17) is 0 Å². The van der Waals surface area contributed by atoms with Gasteiger partial charge in [-0.3, -0.25) is 10.1 Å². The molecule has 0 aliphatic heterocycles. The monoisotopic (exact) mass is 404 g/mol. The molecule has 30 heavy (non-hydrogen) atoms. The Labute approximate surface area is 179 Å². The first-order chi connectivity index (χ1) is 14.6. The maximum Gasteiger partial charge on any atom is 0.269 e. The van der Waals surface area contributed by atoms with Gasteiger partial charge in [-0.05, 0) is 48.6 Å². The number of rotatable bonds is 11. The zero-order valence-corrected chi connectivity index (χ0v) is 18.1. The topological polar surface area (TPSA) is 48.1 Å². The summed E-state index contributed by atoms with van der Waals surface area (Å²) in [6.45, 7) is 5.24. The van der Waals surface area contributed by atoms with Crippen LogP contribution in [0.4, 0.5) is 5.69 Å². The molecule has 0 saturated heterocycles. The molecule has 0 unspecified atom stereocenters. The van der Waals surface area contributed by atoms with Crippen molar-refractivity contribution >= 4 is 5.69 Å². The van der Waals surface area contributed by atoms with Gasteiger partial charge in [0.2, 0.25) is 0 Å². The molecule has 0 spiro atoms. The van der Waals surface area contributed by atoms with Crippen molar-refractivity contribution in [1.29, 1.82) is 0 Å². The summed E-state index contributed by atoms with van der Waals surface area (Å²) in [5.41, 5.74) is 6.26. The number of unbranched alkanes of at least 4 members (excludes halogenated alkanes) is 5. The maximum atomic E-state index is 11.0. The van der Waals surface area contributed by atoms with Crippen LogP contribution < -0.4 is 0 Å². The first-order valence-corrected chi connectivity index (χ1v) is 11.1.